The molecule has 0 spiro atoms. The summed E-state index contributed by atoms with van der Waals surface area (Å²) in [7, 11) is 0. The lowest BCUT2D eigenvalue weighted by Gasteiger charge is -2.43. The molecule has 3 N–H and O–H groups in total. The van der Waals surface area contributed by atoms with Crippen molar-refractivity contribution in [2.24, 2.45) is 5.41 Å². The second-order valence-corrected chi connectivity index (χ2v) is 6.35. The predicted molar refractivity (Wildman–Crippen MR) is 80.9 cm³/mol. The molecular formula is C16H26N2O2. The molecule has 0 unspecified atom stereocenters. The maximum atomic E-state index is 10.4. The summed E-state index contributed by atoms with van der Waals surface area (Å²) in [5.74, 6) is 0.359. The van der Waals surface area contributed by atoms with Gasteiger partial charge in [0.15, 0.2) is 0 Å². The van der Waals surface area contributed by atoms with Gasteiger partial charge in [-0.05, 0) is 12.5 Å². The third-order valence-electron chi connectivity index (χ3n) is 4.23. The van der Waals surface area contributed by atoms with Crippen LogP contribution in [0.2, 0.25) is 0 Å². The number of hydrogen-bond acceptors (Lipinski definition) is 4. The Morgan fingerprint density at radius 1 is 1.30 bits per heavy atom. The van der Waals surface area contributed by atoms with Gasteiger partial charge in [0.1, 0.15) is 5.75 Å². The number of phenolic OH excluding ortho intramolecular Hbond substituents is 1. The largest absolute Gasteiger partial charge is 0.507 e. The van der Waals surface area contributed by atoms with E-state index in [0.29, 0.717) is 5.75 Å². The van der Waals surface area contributed by atoms with Crippen LogP contribution in [0.1, 0.15) is 31.0 Å². The summed E-state index contributed by atoms with van der Waals surface area (Å²) in [6, 6.07) is 5.90. The number of hydrogen-bond donors (Lipinski definition) is 3. The van der Waals surface area contributed by atoms with Gasteiger partial charge in [0.2, 0.25) is 0 Å². The van der Waals surface area contributed by atoms with Gasteiger partial charge in [-0.2, -0.15) is 0 Å². The summed E-state index contributed by atoms with van der Waals surface area (Å²) < 4.78 is 0. The third kappa shape index (κ3) is 2.97. The first-order valence-corrected chi connectivity index (χ1v) is 7.31. The molecule has 0 aromatic heterocycles. The Hall–Kier alpha value is -1.10. The molecule has 112 valence electrons. The van der Waals surface area contributed by atoms with Crippen molar-refractivity contribution < 1.29 is 10.2 Å². The lowest BCUT2D eigenvalue weighted by atomic mass is 9.79. The van der Waals surface area contributed by atoms with E-state index < -0.39 is 0 Å². The minimum Gasteiger partial charge on any atom is -0.507 e. The van der Waals surface area contributed by atoms with Gasteiger partial charge in [0.05, 0.1) is 0 Å². The van der Waals surface area contributed by atoms with Crippen molar-refractivity contribution in [3.8, 4) is 5.75 Å². The van der Waals surface area contributed by atoms with Gasteiger partial charge in [-0.15, -0.1) is 0 Å². The molecule has 1 atom stereocenters. The smallest absolute Gasteiger partial charge is 0.123 e. The second kappa shape index (κ2) is 6.12. The number of para-hydroxylation sites is 1. The molecule has 1 saturated heterocycles. The van der Waals surface area contributed by atoms with E-state index >= 15 is 0 Å². The van der Waals surface area contributed by atoms with Crippen LogP contribution < -0.4 is 5.32 Å². The molecule has 1 aliphatic heterocycles. The molecule has 20 heavy (non-hydrogen) atoms. The first kappa shape index (κ1) is 15.3. The van der Waals surface area contributed by atoms with Crippen molar-refractivity contribution in [3.05, 3.63) is 29.3 Å². The quantitative estimate of drug-likeness (QED) is 0.784. The molecule has 1 aromatic carbocycles. The van der Waals surface area contributed by atoms with E-state index in [1.54, 1.807) is 0 Å². The Morgan fingerprint density at radius 2 is 1.95 bits per heavy atom. The molecule has 0 saturated carbocycles. The van der Waals surface area contributed by atoms with E-state index in [1.807, 2.05) is 25.1 Å². The van der Waals surface area contributed by atoms with Crippen molar-refractivity contribution in [3.63, 3.8) is 0 Å². The highest BCUT2D eigenvalue weighted by Gasteiger charge is 2.37. The van der Waals surface area contributed by atoms with Crippen LogP contribution in [0.4, 0.5) is 0 Å². The van der Waals surface area contributed by atoms with Crippen LogP contribution in [0.3, 0.4) is 0 Å². The van der Waals surface area contributed by atoms with E-state index in [0.717, 1.165) is 37.3 Å². The molecule has 1 heterocycles. The summed E-state index contributed by atoms with van der Waals surface area (Å²) >= 11 is 0. The van der Waals surface area contributed by atoms with Gasteiger partial charge in [0, 0.05) is 49.8 Å². The summed E-state index contributed by atoms with van der Waals surface area (Å²) in [5, 5.41) is 23.6. The van der Waals surface area contributed by atoms with Crippen LogP contribution in [0.5, 0.6) is 5.75 Å². The number of nitrogens with one attached hydrogen (secondary N) is 1. The van der Waals surface area contributed by atoms with Gasteiger partial charge in [0.25, 0.3) is 0 Å². The molecule has 0 amide bonds. The highest BCUT2D eigenvalue weighted by atomic mass is 16.3. The average molecular weight is 278 g/mol. The van der Waals surface area contributed by atoms with Crippen LogP contribution in [0.15, 0.2) is 18.2 Å². The molecule has 0 bridgehead atoms. The molecule has 1 aliphatic rings. The maximum Gasteiger partial charge on any atom is 0.123 e. The van der Waals surface area contributed by atoms with Crippen LogP contribution >= 0.6 is 0 Å². The number of aliphatic hydroxyl groups excluding tert-OH is 1. The van der Waals surface area contributed by atoms with Crippen molar-refractivity contribution in [2.75, 3.05) is 32.8 Å². The fraction of sp³-hybridized carbons (Fsp3) is 0.625. The van der Waals surface area contributed by atoms with Gasteiger partial charge in [-0.3, -0.25) is 4.90 Å². The standard InChI is InChI=1S/C16H26N2O2/c1-12-5-4-6-13(14(12)20)15(16(2,3)11-19)18-9-7-17-8-10-18/h4-6,15,17,19-20H,7-11H2,1-3H3/t15-/m0/s1. The van der Waals surface area contributed by atoms with Crippen LogP contribution in [-0.4, -0.2) is 47.9 Å². The van der Waals surface area contributed by atoms with Crippen molar-refractivity contribution in [1.29, 1.82) is 0 Å². The summed E-state index contributed by atoms with van der Waals surface area (Å²) in [5.41, 5.74) is 1.50. The minimum absolute atomic E-state index is 0.0227. The van der Waals surface area contributed by atoms with E-state index in [4.69, 9.17) is 0 Å². The summed E-state index contributed by atoms with van der Waals surface area (Å²) in [6.45, 7) is 9.88. The van der Waals surface area contributed by atoms with Crippen molar-refractivity contribution in [2.45, 2.75) is 26.8 Å². The van der Waals surface area contributed by atoms with Gasteiger partial charge >= 0.3 is 0 Å². The predicted octanol–water partition coefficient (Wildman–Crippen LogP) is 1.67. The summed E-state index contributed by atoms with van der Waals surface area (Å²) in [4.78, 5) is 2.36. The number of aryl methyl sites for hydroxylation is 1. The van der Waals surface area contributed by atoms with Gasteiger partial charge in [-0.1, -0.05) is 32.0 Å². The lowest BCUT2D eigenvalue weighted by molar-refractivity contribution is 0.0292. The van der Waals surface area contributed by atoms with Crippen LogP contribution in [0, 0.1) is 12.3 Å². The zero-order chi connectivity index (χ0) is 14.8. The number of phenols is 1. The van der Waals surface area contributed by atoms with E-state index in [1.165, 1.54) is 0 Å². The zero-order valence-corrected chi connectivity index (χ0v) is 12.7. The number of aliphatic hydroxyl groups is 1. The Labute approximate surface area is 121 Å². The highest BCUT2D eigenvalue weighted by molar-refractivity contribution is 5.42. The maximum absolute atomic E-state index is 10.4. The molecule has 2 rings (SSSR count). The van der Waals surface area contributed by atoms with Gasteiger partial charge in [-0.25, -0.2) is 0 Å². The van der Waals surface area contributed by atoms with Crippen molar-refractivity contribution in [1.82, 2.24) is 10.2 Å². The number of rotatable bonds is 4. The molecule has 0 radical (unpaired) electrons. The van der Waals surface area contributed by atoms with E-state index in [9.17, 15) is 10.2 Å². The molecule has 1 fully saturated rings. The Balaban J connectivity index is 2.42. The molecule has 0 aliphatic carbocycles. The van der Waals surface area contributed by atoms with E-state index in [-0.39, 0.29) is 18.1 Å². The molecule has 4 nitrogen and oxygen atoms in total. The number of nitrogens with zero attached hydrogens (tertiary/aromatic N) is 1. The average Bonchev–Trinajstić information content (AvgIpc) is 2.45. The Morgan fingerprint density at radius 3 is 2.55 bits per heavy atom. The normalized spacial score (nSPS) is 19.0. The lowest BCUT2D eigenvalue weighted by Crippen LogP contribution is -2.49. The molecule has 1 aromatic rings. The third-order valence-corrected chi connectivity index (χ3v) is 4.23. The number of benzene rings is 1. The topological polar surface area (TPSA) is 55.7 Å². The van der Waals surface area contributed by atoms with Crippen LogP contribution in [-0.2, 0) is 0 Å². The minimum atomic E-state index is -0.303. The number of aromatic hydroxyl groups is 1. The van der Waals surface area contributed by atoms with Gasteiger partial charge < -0.3 is 15.5 Å². The number of piperazine rings is 1. The van der Waals surface area contributed by atoms with Crippen molar-refractivity contribution >= 4 is 0 Å². The van der Waals surface area contributed by atoms with E-state index in [2.05, 4.69) is 24.1 Å². The second-order valence-electron chi connectivity index (χ2n) is 6.35. The Kier molecular flexibility index (Phi) is 4.68. The summed E-state index contributed by atoms with van der Waals surface area (Å²) in [6.07, 6.45) is 0. The van der Waals surface area contributed by atoms with Crippen LogP contribution in [0.25, 0.3) is 0 Å². The molecule has 4 heteroatoms. The monoisotopic (exact) mass is 278 g/mol. The first-order valence-electron chi connectivity index (χ1n) is 7.31. The SMILES string of the molecule is Cc1cccc([C@H](N2CCNCC2)C(C)(C)CO)c1O. The first-order chi connectivity index (χ1) is 9.47. The molecular weight excluding hydrogens is 252 g/mol. The fourth-order valence-corrected chi connectivity index (χ4v) is 3.04. The fourth-order valence-electron chi connectivity index (χ4n) is 3.04. The highest BCUT2D eigenvalue weighted by Crippen LogP contribution is 2.42. The zero-order valence-electron chi connectivity index (χ0n) is 12.7. The Bertz CT molecular complexity index is 454.